The van der Waals surface area contributed by atoms with Crippen LogP contribution in [-0.4, -0.2) is 9.97 Å². The average molecular weight is 675 g/mol. The van der Waals surface area contributed by atoms with E-state index >= 15 is 0 Å². The third kappa shape index (κ3) is 4.75. The molecule has 2 heterocycles. The van der Waals surface area contributed by atoms with Crippen LogP contribution in [-0.2, 0) is 0 Å². The van der Waals surface area contributed by atoms with Gasteiger partial charge in [-0.15, -0.1) is 0 Å². The van der Waals surface area contributed by atoms with Crippen molar-refractivity contribution in [2.45, 2.75) is 0 Å². The molecule has 0 atom stereocenters. The Bertz CT molecular complexity index is 3220. The van der Waals surface area contributed by atoms with E-state index in [4.69, 9.17) is 14.4 Å². The lowest BCUT2D eigenvalue weighted by atomic mass is 9.93. The fourth-order valence-corrected chi connectivity index (χ4v) is 8.12. The molecular weight excluding hydrogens is 645 g/mol. The highest BCUT2D eigenvalue weighted by molar-refractivity contribution is 6.25. The fourth-order valence-electron chi connectivity index (χ4n) is 8.12. The fraction of sp³-hybridized carbons (Fsp3) is 0. The molecule has 53 heavy (non-hydrogen) atoms. The molecule has 0 spiro atoms. The Balaban J connectivity index is 1.12. The highest BCUT2D eigenvalue weighted by Crippen LogP contribution is 2.42. The molecule has 0 aliphatic heterocycles. The molecule has 0 radical (unpaired) electrons. The maximum absolute atomic E-state index is 6.59. The van der Waals surface area contributed by atoms with E-state index in [2.05, 4.69) is 164 Å². The predicted molar refractivity (Wildman–Crippen MR) is 221 cm³/mol. The van der Waals surface area contributed by atoms with Crippen LogP contribution >= 0.6 is 0 Å². The highest BCUT2D eigenvalue weighted by Gasteiger charge is 2.18. The zero-order valence-corrected chi connectivity index (χ0v) is 28.6. The Hall–Kier alpha value is -7.10. The number of fused-ring (bicyclic) bond motifs is 11. The van der Waals surface area contributed by atoms with Crippen LogP contribution in [0.5, 0.6) is 0 Å². The number of benzene rings is 9. The predicted octanol–water partition coefficient (Wildman–Crippen LogP) is 13.7. The summed E-state index contributed by atoms with van der Waals surface area (Å²) in [5.74, 6) is 0. The molecule has 0 bridgehead atoms. The Morgan fingerprint density at radius 2 is 0.981 bits per heavy atom. The van der Waals surface area contributed by atoms with Crippen LogP contribution in [0.25, 0.3) is 110 Å². The third-order valence-corrected chi connectivity index (χ3v) is 10.7. The number of hydrogen-bond acceptors (Lipinski definition) is 3. The van der Waals surface area contributed by atoms with Crippen LogP contribution < -0.4 is 0 Å². The number of nitrogens with zero attached hydrogens (tertiary/aromatic N) is 2. The van der Waals surface area contributed by atoms with E-state index in [1.54, 1.807) is 0 Å². The van der Waals surface area contributed by atoms with E-state index in [1.165, 1.54) is 38.4 Å². The lowest BCUT2D eigenvalue weighted by molar-refractivity contribution is 0.670. The van der Waals surface area contributed by atoms with Gasteiger partial charge in [0.25, 0.3) is 0 Å². The summed E-state index contributed by atoms with van der Waals surface area (Å²) in [6, 6.07) is 62.3. The molecule has 0 aliphatic rings. The van der Waals surface area contributed by atoms with E-state index in [1.807, 2.05) is 18.3 Å². The first-order chi connectivity index (χ1) is 26.3. The second-order valence-electron chi connectivity index (χ2n) is 13.7. The molecule has 246 valence electrons. The summed E-state index contributed by atoms with van der Waals surface area (Å²) in [6.07, 6.45) is 1.92. The van der Waals surface area contributed by atoms with Crippen LogP contribution in [0.1, 0.15) is 0 Å². The molecule has 0 saturated heterocycles. The maximum atomic E-state index is 6.59. The van der Waals surface area contributed by atoms with Crippen LogP contribution in [0.3, 0.4) is 0 Å². The van der Waals surface area contributed by atoms with Gasteiger partial charge in [-0.25, -0.2) is 4.98 Å². The van der Waals surface area contributed by atoms with E-state index < -0.39 is 0 Å². The minimum atomic E-state index is 0.828. The van der Waals surface area contributed by atoms with Gasteiger partial charge in [0.2, 0.25) is 0 Å². The van der Waals surface area contributed by atoms with E-state index in [0.717, 1.165) is 71.5 Å². The van der Waals surface area contributed by atoms with Crippen molar-refractivity contribution < 1.29 is 4.42 Å². The van der Waals surface area contributed by atoms with Crippen molar-refractivity contribution in [3.05, 3.63) is 182 Å². The van der Waals surface area contributed by atoms with Gasteiger partial charge in [0, 0.05) is 32.7 Å². The molecule has 11 aromatic rings. The van der Waals surface area contributed by atoms with Crippen LogP contribution in [0.2, 0.25) is 0 Å². The van der Waals surface area contributed by atoms with Crippen molar-refractivity contribution in [3.63, 3.8) is 0 Å². The van der Waals surface area contributed by atoms with Crippen molar-refractivity contribution in [1.82, 2.24) is 9.97 Å². The number of furan rings is 1. The molecule has 11 rings (SSSR count). The summed E-state index contributed by atoms with van der Waals surface area (Å²) in [6.45, 7) is 0. The molecule has 0 fully saturated rings. The molecule has 2 aromatic heterocycles. The average Bonchev–Trinajstić information content (AvgIpc) is 3.64. The Morgan fingerprint density at radius 1 is 0.377 bits per heavy atom. The van der Waals surface area contributed by atoms with Crippen molar-refractivity contribution in [3.8, 4) is 44.6 Å². The normalized spacial score (nSPS) is 11.8. The third-order valence-electron chi connectivity index (χ3n) is 10.7. The molecule has 9 aromatic carbocycles. The molecule has 3 nitrogen and oxygen atoms in total. The SMILES string of the molecule is c1ccc(-c2ccc3c(c2)c2cc(-c4ccccc4)ccc2c2nc(-c4cccc(-c5cc6ccccc6c6c5oc5ccccc56)c4)cnc32)cc1. The lowest BCUT2D eigenvalue weighted by Gasteiger charge is -2.14. The van der Waals surface area contributed by atoms with E-state index in [0.29, 0.717) is 0 Å². The zero-order valence-electron chi connectivity index (χ0n) is 28.6. The molecular formula is C50H30N2O. The first-order valence-electron chi connectivity index (χ1n) is 18.0. The number of aromatic nitrogens is 2. The zero-order chi connectivity index (χ0) is 34.9. The van der Waals surface area contributed by atoms with Crippen molar-refractivity contribution in [2.24, 2.45) is 0 Å². The van der Waals surface area contributed by atoms with Crippen LogP contribution in [0.4, 0.5) is 0 Å². The van der Waals surface area contributed by atoms with Crippen LogP contribution in [0.15, 0.2) is 187 Å². The molecule has 0 saturated carbocycles. The van der Waals surface area contributed by atoms with Gasteiger partial charge in [-0.2, -0.15) is 0 Å². The van der Waals surface area contributed by atoms with Crippen LogP contribution in [0, 0.1) is 0 Å². The number of para-hydroxylation sites is 1. The van der Waals surface area contributed by atoms with Gasteiger partial charge in [0.15, 0.2) is 0 Å². The first kappa shape index (κ1) is 29.6. The summed E-state index contributed by atoms with van der Waals surface area (Å²) >= 11 is 0. The smallest absolute Gasteiger partial charge is 0.143 e. The molecule has 0 unspecified atom stereocenters. The van der Waals surface area contributed by atoms with Gasteiger partial charge < -0.3 is 4.42 Å². The van der Waals surface area contributed by atoms with Gasteiger partial charge in [-0.1, -0.05) is 146 Å². The minimum Gasteiger partial charge on any atom is -0.455 e. The van der Waals surface area contributed by atoms with Gasteiger partial charge in [-0.05, 0) is 79.7 Å². The Labute approximate surface area is 305 Å². The largest absolute Gasteiger partial charge is 0.455 e. The van der Waals surface area contributed by atoms with Gasteiger partial charge in [0.05, 0.1) is 22.9 Å². The van der Waals surface area contributed by atoms with Gasteiger partial charge in [-0.3, -0.25) is 4.98 Å². The minimum absolute atomic E-state index is 0.828. The monoisotopic (exact) mass is 674 g/mol. The standard InChI is InChI=1S/C50H30N2O/c1-3-12-31(13-4-1)33-22-24-39-43(27-33)44-28-34(32-14-5-2-6-15-32)23-25-40(44)49-48(39)51-30-45(52-49)37-18-11-17-35(26-37)42-29-36-16-7-8-19-38(36)47-41-20-9-10-21-46(41)53-50(42)47/h1-30H. The topological polar surface area (TPSA) is 38.9 Å². The maximum Gasteiger partial charge on any atom is 0.143 e. The quantitative estimate of drug-likeness (QED) is 0.174. The Morgan fingerprint density at radius 3 is 1.72 bits per heavy atom. The highest BCUT2D eigenvalue weighted by atomic mass is 16.3. The van der Waals surface area contributed by atoms with Gasteiger partial charge >= 0.3 is 0 Å². The summed E-state index contributed by atoms with van der Waals surface area (Å²) in [5, 5.41) is 9.15. The van der Waals surface area contributed by atoms with E-state index in [-0.39, 0.29) is 0 Å². The molecule has 0 aliphatic carbocycles. The van der Waals surface area contributed by atoms with Gasteiger partial charge in [0.1, 0.15) is 11.2 Å². The summed E-state index contributed by atoms with van der Waals surface area (Å²) < 4.78 is 6.59. The van der Waals surface area contributed by atoms with Crippen molar-refractivity contribution in [2.75, 3.05) is 0 Å². The summed E-state index contributed by atoms with van der Waals surface area (Å²) in [5.41, 5.74) is 12.3. The first-order valence-corrected chi connectivity index (χ1v) is 18.0. The number of hydrogen-bond donors (Lipinski definition) is 0. The van der Waals surface area contributed by atoms with E-state index in [9.17, 15) is 0 Å². The van der Waals surface area contributed by atoms with Crippen molar-refractivity contribution in [1.29, 1.82) is 0 Å². The second-order valence-corrected chi connectivity index (χ2v) is 13.7. The summed E-state index contributed by atoms with van der Waals surface area (Å²) in [7, 11) is 0. The lowest BCUT2D eigenvalue weighted by Crippen LogP contribution is -1.93. The molecule has 0 N–H and O–H groups in total. The molecule has 3 heteroatoms. The summed E-state index contributed by atoms with van der Waals surface area (Å²) in [4.78, 5) is 10.6. The van der Waals surface area contributed by atoms with Crippen molar-refractivity contribution >= 4 is 65.3 Å². The second kappa shape index (κ2) is 11.7. The molecule has 0 amide bonds. The Kier molecular flexibility index (Phi) is 6.55. The number of rotatable bonds is 4.